The van der Waals surface area contributed by atoms with Crippen LogP contribution in [0.2, 0.25) is 0 Å². The van der Waals surface area contributed by atoms with Crippen molar-refractivity contribution < 1.29 is 74.9 Å². The number of hydrogen-bond acceptors (Lipinski definition) is 2. The van der Waals surface area contributed by atoms with Crippen molar-refractivity contribution in [2.45, 2.75) is 79.1 Å². The van der Waals surface area contributed by atoms with Gasteiger partial charge in [-0.25, -0.2) is 6.08 Å². The molecular formula is C26H38O2Y2-2. The molecule has 2 radical (unpaired) electrons. The molecule has 3 aliphatic carbocycles. The molecule has 2 unspecified atom stereocenters. The van der Waals surface area contributed by atoms with Gasteiger partial charge in [-0.2, -0.15) is 34.4 Å². The topological polar surface area (TPSA) is 18.5 Å². The fourth-order valence-corrected chi connectivity index (χ4v) is 4.80. The molecule has 0 aliphatic heterocycles. The molecule has 1 saturated carbocycles. The molecule has 30 heavy (non-hydrogen) atoms. The predicted octanol–water partition coefficient (Wildman–Crippen LogP) is 6.96. The van der Waals surface area contributed by atoms with E-state index in [1.807, 2.05) is 27.7 Å². The first kappa shape index (κ1) is 30.5. The van der Waals surface area contributed by atoms with Crippen molar-refractivity contribution in [2.75, 3.05) is 14.2 Å². The fraction of sp³-hybridized carbons (Fsp3) is 0.615. The van der Waals surface area contributed by atoms with Crippen LogP contribution in [0.1, 0.15) is 82.9 Å². The van der Waals surface area contributed by atoms with Crippen LogP contribution in [0.5, 0.6) is 5.75 Å². The van der Waals surface area contributed by atoms with E-state index >= 15 is 0 Å². The molecular weight excluding hydrogens is 522 g/mol. The van der Waals surface area contributed by atoms with Crippen molar-refractivity contribution in [1.29, 1.82) is 0 Å². The van der Waals surface area contributed by atoms with Crippen molar-refractivity contribution in [3.05, 3.63) is 46.7 Å². The van der Waals surface area contributed by atoms with Gasteiger partial charge in [0.1, 0.15) is 0 Å². The minimum atomic E-state index is 0. The van der Waals surface area contributed by atoms with Crippen LogP contribution in [0, 0.1) is 24.0 Å². The van der Waals surface area contributed by atoms with Gasteiger partial charge in [0.25, 0.3) is 0 Å². The second-order valence-electron chi connectivity index (χ2n) is 7.22. The van der Waals surface area contributed by atoms with Crippen LogP contribution in [0.4, 0.5) is 0 Å². The third-order valence-corrected chi connectivity index (χ3v) is 5.96. The molecule has 4 rings (SSSR count). The molecule has 0 N–H and O–H groups in total. The Balaban J connectivity index is 0.00000133. The molecule has 0 amide bonds. The Hall–Kier alpha value is 0.508. The van der Waals surface area contributed by atoms with Crippen molar-refractivity contribution in [3.63, 3.8) is 0 Å². The van der Waals surface area contributed by atoms with Crippen LogP contribution in [-0.4, -0.2) is 14.2 Å². The molecule has 1 aromatic rings. The molecule has 0 spiro atoms. The monoisotopic (exact) mass is 560 g/mol. The van der Waals surface area contributed by atoms with Gasteiger partial charge < -0.3 is 9.47 Å². The van der Waals surface area contributed by atoms with Crippen molar-refractivity contribution >= 4 is 5.57 Å². The van der Waals surface area contributed by atoms with Crippen molar-refractivity contribution in [1.82, 2.24) is 0 Å². The summed E-state index contributed by atoms with van der Waals surface area (Å²) < 4.78 is 11.5. The molecule has 0 bridgehead atoms. The summed E-state index contributed by atoms with van der Waals surface area (Å²) in [6.45, 7) is 8.00. The molecule has 2 atom stereocenters. The number of fused-ring (bicyclic) bond motifs is 2. The second-order valence-corrected chi connectivity index (χ2v) is 7.22. The average Bonchev–Trinajstić information content (AvgIpc) is 2.80. The summed E-state index contributed by atoms with van der Waals surface area (Å²) in [5.41, 5.74) is 5.51. The number of ether oxygens (including phenoxy) is 2. The summed E-state index contributed by atoms with van der Waals surface area (Å²) in [4.78, 5) is 0. The maximum Gasteiger partial charge on any atom is 0.0743 e. The van der Waals surface area contributed by atoms with Crippen LogP contribution < -0.4 is 4.74 Å². The van der Waals surface area contributed by atoms with E-state index in [2.05, 4.69) is 24.3 Å². The third-order valence-electron chi connectivity index (χ3n) is 5.96. The van der Waals surface area contributed by atoms with E-state index in [1.54, 1.807) is 14.2 Å². The van der Waals surface area contributed by atoms with Gasteiger partial charge in [-0.15, -0.1) is 6.07 Å². The Morgan fingerprint density at radius 2 is 1.53 bits per heavy atom. The van der Waals surface area contributed by atoms with E-state index in [1.165, 1.54) is 60.8 Å². The van der Waals surface area contributed by atoms with Gasteiger partial charge in [-0.3, -0.25) is 0 Å². The Bertz CT molecular complexity index is 695. The molecule has 2 nitrogen and oxygen atoms in total. The van der Waals surface area contributed by atoms with Gasteiger partial charge in [0.2, 0.25) is 0 Å². The summed E-state index contributed by atoms with van der Waals surface area (Å²) in [5, 5.41) is 0. The number of rotatable bonds is 3. The Morgan fingerprint density at radius 1 is 0.867 bits per heavy atom. The smallest absolute Gasteiger partial charge is 0.0743 e. The fourth-order valence-electron chi connectivity index (χ4n) is 4.80. The van der Waals surface area contributed by atoms with Gasteiger partial charge in [0.15, 0.2) is 0 Å². The number of aryl methyl sites for hydroxylation is 1. The zero-order valence-electron chi connectivity index (χ0n) is 19.9. The van der Waals surface area contributed by atoms with Gasteiger partial charge in [-0.05, 0) is 18.1 Å². The van der Waals surface area contributed by atoms with E-state index in [-0.39, 0.29) is 65.4 Å². The van der Waals surface area contributed by atoms with Crippen molar-refractivity contribution in [3.8, 4) is 5.75 Å². The average molecular weight is 560 g/mol. The minimum Gasteiger partial charge on any atom is -0.535 e. The van der Waals surface area contributed by atoms with E-state index in [0.717, 1.165) is 24.4 Å². The summed E-state index contributed by atoms with van der Waals surface area (Å²) in [5.74, 6) is 2.92. The molecule has 4 heteroatoms. The third kappa shape index (κ3) is 6.76. The summed E-state index contributed by atoms with van der Waals surface area (Å²) >= 11 is 0. The molecule has 1 aromatic carbocycles. The second kappa shape index (κ2) is 16.2. The summed E-state index contributed by atoms with van der Waals surface area (Å²) in [6.07, 6.45) is 15.6. The summed E-state index contributed by atoms with van der Waals surface area (Å²) in [7, 11) is 3.53. The van der Waals surface area contributed by atoms with Gasteiger partial charge in [-0.1, -0.05) is 84.3 Å². The van der Waals surface area contributed by atoms with Crippen LogP contribution in [0.15, 0.2) is 17.9 Å². The number of benzene rings is 1. The molecule has 162 valence electrons. The molecule has 3 aliphatic rings. The standard InChI is InChI=1S/C22H26O2.2C2H6.2Y/c1-23-19-13-11-15-7-3-5-9-17(15)21(19)22-18-10-6-4-8-16(18)12-14-20(22)24-2;2*1-2;;/h11-12,15,17H,3-10H2,1-2H3;2*1-2H3;;/q-2;;;;. The first-order valence-corrected chi connectivity index (χ1v) is 11.3. The normalized spacial score (nSPS) is 21.1. The SMILES string of the molecule is CC.CC.COC1=C(c2c(OC)[c-]cc3c2CCCC3)C2CCCCC2C=[C-]1.[Y].[Y]. The zero-order valence-corrected chi connectivity index (χ0v) is 25.6. The van der Waals surface area contributed by atoms with Crippen LogP contribution in [0.3, 0.4) is 0 Å². The maximum absolute atomic E-state index is 5.77. The van der Waals surface area contributed by atoms with E-state index in [0.29, 0.717) is 11.8 Å². The van der Waals surface area contributed by atoms with Gasteiger partial charge >= 0.3 is 0 Å². The Kier molecular flexibility index (Phi) is 16.4. The Morgan fingerprint density at radius 3 is 2.20 bits per heavy atom. The number of methoxy groups -OCH3 is 2. The van der Waals surface area contributed by atoms with E-state index < -0.39 is 0 Å². The molecule has 0 saturated heterocycles. The maximum atomic E-state index is 5.77. The number of hydrogen-bond donors (Lipinski definition) is 0. The Labute approximate surface area is 235 Å². The summed E-state index contributed by atoms with van der Waals surface area (Å²) in [6, 6.07) is 5.55. The van der Waals surface area contributed by atoms with Gasteiger partial charge in [0.05, 0.1) is 14.2 Å². The zero-order chi connectivity index (χ0) is 20.5. The van der Waals surface area contributed by atoms with Crippen LogP contribution >= 0.6 is 0 Å². The quantitative estimate of drug-likeness (QED) is 0.373. The van der Waals surface area contributed by atoms with Crippen LogP contribution in [-0.2, 0) is 83.0 Å². The predicted molar refractivity (Wildman–Crippen MR) is 118 cm³/mol. The van der Waals surface area contributed by atoms with E-state index in [4.69, 9.17) is 9.47 Å². The molecule has 0 aromatic heterocycles. The van der Waals surface area contributed by atoms with Crippen LogP contribution in [0.25, 0.3) is 5.57 Å². The molecule has 0 heterocycles. The first-order valence-electron chi connectivity index (χ1n) is 11.3. The first-order chi connectivity index (χ1) is 13.8. The molecule has 1 fully saturated rings. The largest absolute Gasteiger partial charge is 0.535 e. The van der Waals surface area contributed by atoms with Gasteiger partial charge in [0, 0.05) is 65.4 Å². The minimum absolute atomic E-state index is 0. The van der Waals surface area contributed by atoms with E-state index in [9.17, 15) is 0 Å². The van der Waals surface area contributed by atoms with Crippen molar-refractivity contribution in [2.24, 2.45) is 11.8 Å². The number of allylic oxidation sites excluding steroid dienone is 3.